The molecule has 38 heavy (non-hydrogen) atoms. The topological polar surface area (TPSA) is 117 Å². The Balaban J connectivity index is 1.41. The molecule has 1 aliphatic rings. The average Bonchev–Trinajstić information content (AvgIpc) is 3.47. The third kappa shape index (κ3) is 6.22. The van der Waals surface area contributed by atoms with Crippen LogP contribution in [0.25, 0.3) is 27.7 Å². The van der Waals surface area contributed by atoms with Gasteiger partial charge in [-0.3, -0.25) is 0 Å². The Labute approximate surface area is 225 Å². The first-order chi connectivity index (χ1) is 18.6. The van der Waals surface area contributed by atoms with Gasteiger partial charge in [0.15, 0.2) is 10.8 Å². The van der Waals surface area contributed by atoms with Crippen LogP contribution in [0.3, 0.4) is 0 Å². The van der Waals surface area contributed by atoms with Crippen LogP contribution in [0.2, 0.25) is 0 Å². The zero-order chi connectivity index (χ0) is 26.3. The van der Waals surface area contributed by atoms with Gasteiger partial charge in [-0.05, 0) is 31.0 Å². The molecule has 0 unspecified atom stereocenters. The molecule has 3 N–H and O–H groups in total. The lowest BCUT2D eigenvalue weighted by atomic mass is 10.1. The first-order valence-electron chi connectivity index (χ1n) is 12.5. The Morgan fingerprint density at radius 3 is 2.61 bits per heavy atom. The van der Waals surface area contributed by atoms with E-state index in [1.54, 1.807) is 11.3 Å². The van der Waals surface area contributed by atoms with Crippen molar-refractivity contribution in [2.45, 2.75) is 18.9 Å². The molecule has 1 fully saturated rings. The summed E-state index contributed by atoms with van der Waals surface area (Å²) in [7, 11) is 0. The van der Waals surface area contributed by atoms with Gasteiger partial charge < -0.3 is 25.2 Å². The Morgan fingerprint density at radius 2 is 1.82 bits per heavy atom. The fourth-order valence-corrected chi connectivity index (χ4v) is 5.05. The predicted octanol–water partition coefficient (Wildman–Crippen LogP) is 3.87. The zero-order valence-electron chi connectivity index (χ0n) is 21.0. The molecular formula is C28H30N6O3S. The van der Waals surface area contributed by atoms with Gasteiger partial charge in [0.05, 0.1) is 37.3 Å². The van der Waals surface area contributed by atoms with Crippen LogP contribution in [0.4, 0.5) is 10.8 Å². The number of para-hydroxylation sites is 1. The van der Waals surface area contributed by atoms with E-state index in [4.69, 9.17) is 14.7 Å². The molecule has 1 saturated heterocycles. The maximum Gasteiger partial charge on any atom is 0.208 e. The lowest BCUT2D eigenvalue weighted by Gasteiger charge is -2.25. The van der Waals surface area contributed by atoms with E-state index >= 15 is 0 Å². The van der Waals surface area contributed by atoms with E-state index in [9.17, 15) is 10.2 Å². The van der Waals surface area contributed by atoms with Crippen LogP contribution in [0.15, 0.2) is 67.2 Å². The average molecular weight is 531 g/mol. The van der Waals surface area contributed by atoms with Gasteiger partial charge in [-0.15, -0.1) is 10.2 Å². The summed E-state index contributed by atoms with van der Waals surface area (Å²) >= 11 is 1.55. The van der Waals surface area contributed by atoms with Crippen LogP contribution < -0.4 is 10.2 Å². The molecule has 0 spiro atoms. The minimum Gasteiger partial charge on any atom is -0.394 e. The Bertz CT molecular complexity index is 1370. The molecule has 0 amide bonds. The van der Waals surface area contributed by atoms with Crippen molar-refractivity contribution in [3.8, 4) is 22.0 Å². The Morgan fingerprint density at radius 1 is 1.05 bits per heavy atom. The fraction of sp³-hybridized carbons (Fsp3) is 0.286. The second-order valence-electron chi connectivity index (χ2n) is 8.95. The monoisotopic (exact) mass is 530 g/mol. The van der Waals surface area contributed by atoms with E-state index in [-0.39, 0.29) is 6.61 Å². The molecule has 4 aromatic rings. The first kappa shape index (κ1) is 25.9. The van der Waals surface area contributed by atoms with Gasteiger partial charge in [0, 0.05) is 35.6 Å². The van der Waals surface area contributed by atoms with E-state index in [1.807, 2.05) is 60.7 Å². The summed E-state index contributed by atoms with van der Waals surface area (Å²) in [6.07, 6.45) is 0.0960. The second-order valence-corrected chi connectivity index (χ2v) is 9.90. The van der Waals surface area contributed by atoms with Gasteiger partial charge in [-0.25, -0.2) is 9.97 Å². The quantitative estimate of drug-likeness (QED) is 0.281. The molecule has 0 saturated carbocycles. The number of ether oxygens (including phenoxy) is 1. The van der Waals surface area contributed by atoms with Crippen molar-refractivity contribution in [2.75, 3.05) is 43.1 Å². The fourth-order valence-electron chi connectivity index (χ4n) is 4.11. The van der Waals surface area contributed by atoms with Gasteiger partial charge in [0.25, 0.3) is 0 Å². The summed E-state index contributed by atoms with van der Waals surface area (Å²) < 4.78 is 5.46. The summed E-state index contributed by atoms with van der Waals surface area (Å²) in [5.74, 6) is 0.576. The number of anilines is 2. The number of nitrogens with one attached hydrogen (secondary N) is 1. The van der Waals surface area contributed by atoms with E-state index in [2.05, 4.69) is 27.0 Å². The van der Waals surface area contributed by atoms with Gasteiger partial charge in [-0.1, -0.05) is 60.4 Å². The Kier molecular flexibility index (Phi) is 8.34. The number of morpholine rings is 1. The SMILES string of the molecule is C=C(Nc1ccccc1-c1nnc(N2CCOCC2)s1)c1cc(CC[C@H](O)CO)nc(-c2ccccc2)n1. The lowest BCUT2D eigenvalue weighted by Crippen LogP contribution is -2.36. The van der Waals surface area contributed by atoms with Crippen molar-refractivity contribution < 1.29 is 14.9 Å². The number of hydrogen-bond acceptors (Lipinski definition) is 10. The minimum absolute atomic E-state index is 0.284. The van der Waals surface area contributed by atoms with E-state index in [0.717, 1.165) is 45.7 Å². The van der Waals surface area contributed by atoms with Crippen molar-refractivity contribution in [2.24, 2.45) is 0 Å². The highest BCUT2D eigenvalue weighted by molar-refractivity contribution is 7.18. The number of aryl methyl sites for hydroxylation is 1. The number of benzene rings is 2. The maximum absolute atomic E-state index is 9.86. The van der Waals surface area contributed by atoms with Gasteiger partial charge >= 0.3 is 0 Å². The maximum atomic E-state index is 9.86. The molecule has 3 heterocycles. The standard InChI is InChI=1S/C28H30N6O3S/c1-19(25-17-21(11-12-22(36)18-35)30-26(31-25)20-7-3-2-4-8-20)29-24-10-6-5-9-23(24)27-32-33-28(38-27)34-13-15-37-16-14-34/h2-10,17,22,29,35-36H,1,11-16,18H2/t22-/m0/s1. The van der Waals surface area contributed by atoms with Crippen LogP contribution in [0, 0.1) is 0 Å². The van der Waals surface area contributed by atoms with Gasteiger partial charge in [-0.2, -0.15) is 0 Å². The second kappa shape index (κ2) is 12.2. The highest BCUT2D eigenvalue weighted by Crippen LogP contribution is 2.35. The lowest BCUT2D eigenvalue weighted by molar-refractivity contribution is 0.0883. The van der Waals surface area contributed by atoms with Gasteiger partial charge in [0.2, 0.25) is 5.13 Å². The van der Waals surface area contributed by atoms with Crippen molar-refractivity contribution in [1.29, 1.82) is 0 Å². The number of rotatable bonds is 10. The number of aromatic nitrogens is 4. The number of hydrogen-bond donors (Lipinski definition) is 3. The normalized spacial score (nSPS) is 14.3. The van der Waals surface area contributed by atoms with Gasteiger partial charge in [0.1, 0.15) is 0 Å². The molecule has 5 rings (SSSR count). The molecule has 0 radical (unpaired) electrons. The van der Waals surface area contributed by atoms with Crippen molar-refractivity contribution in [3.63, 3.8) is 0 Å². The van der Waals surface area contributed by atoms with E-state index in [0.29, 0.717) is 43.3 Å². The van der Waals surface area contributed by atoms with E-state index in [1.165, 1.54) is 0 Å². The molecule has 10 heteroatoms. The molecule has 1 atom stereocenters. The molecule has 0 bridgehead atoms. The molecule has 2 aromatic heterocycles. The molecular weight excluding hydrogens is 500 g/mol. The highest BCUT2D eigenvalue weighted by atomic mass is 32.1. The molecule has 1 aliphatic heterocycles. The summed E-state index contributed by atoms with van der Waals surface area (Å²) in [5, 5.41) is 33.1. The zero-order valence-corrected chi connectivity index (χ0v) is 21.8. The van der Waals surface area contributed by atoms with Crippen LogP contribution >= 0.6 is 11.3 Å². The highest BCUT2D eigenvalue weighted by Gasteiger charge is 2.18. The molecule has 196 valence electrons. The van der Waals surface area contributed by atoms with Crippen molar-refractivity contribution in [1.82, 2.24) is 20.2 Å². The summed E-state index contributed by atoms with van der Waals surface area (Å²) in [5.41, 5.74) is 4.67. The summed E-state index contributed by atoms with van der Waals surface area (Å²) in [6.45, 7) is 6.99. The van der Waals surface area contributed by atoms with Crippen LogP contribution in [-0.2, 0) is 11.2 Å². The third-order valence-electron chi connectivity index (χ3n) is 6.20. The number of aliphatic hydroxyl groups excluding tert-OH is 2. The Hall–Kier alpha value is -3.70. The summed E-state index contributed by atoms with van der Waals surface area (Å²) in [6, 6.07) is 19.5. The number of aliphatic hydroxyl groups is 2. The van der Waals surface area contributed by atoms with Crippen LogP contribution in [0.1, 0.15) is 17.8 Å². The molecule has 0 aliphatic carbocycles. The third-order valence-corrected chi connectivity index (χ3v) is 7.22. The van der Waals surface area contributed by atoms with E-state index < -0.39 is 6.10 Å². The van der Waals surface area contributed by atoms with Crippen molar-refractivity contribution in [3.05, 3.63) is 78.6 Å². The smallest absolute Gasteiger partial charge is 0.208 e. The number of nitrogens with zero attached hydrogens (tertiary/aromatic N) is 5. The largest absolute Gasteiger partial charge is 0.394 e. The minimum atomic E-state index is -0.795. The molecule has 9 nitrogen and oxygen atoms in total. The predicted molar refractivity (Wildman–Crippen MR) is 150 cm³/mol. The van der Waals surface area contributed by atoms with Crippen LogP contribution in [0.5, 0.6) is 0 Å². The van der Waals surface area contributed by atoms with Crippen LogP contribution in [-0.4, -0.2) is 69.4 Å². The molecule has 2 aromatic carbocycles. The first-order valence-corrected chi connectivity index (χ1v) is 13.4. The summed E-state index contributed by atoms with van der Waals surface area (Å²) in [4.78, 5) is 11.7. The van der Waals surface area contributed by atoms with Crippen molar-refractivity contribution >= 4 is 27.9 Å².